The summed E-state index contributed by atoms with van der Waals surface area (Å²) in [7, 11) is 0. The molecule has 0 atom stereocenters. The number of nitrogen functional groups attached to an aromatic ring is 1. The summed E-state index contributed by atoms with van der Waals surface area (Å²) in [6, 6.07) is 12.4. The molecule has 3 rings (SSSR count). The Morgan fingerprint density at radius 2 is 2.00 bits per heavy atom. The molecule has 0 radical (unpaired) electrons. The summed E-state index contributed by atoms with van der Waals surface area (Å²) in [5, 5.41) is 2.00. The van der Waals surface area contributed by atoms with Crippen LogP contribution in [0.5, 0.6) is 0 Å². The average Bonchev–Trinajstić information content (AvgIpc) is 2.42. The fraction of sp³-hybridized carbons (Fsp3) is 0.125. The van der Waals surface area contributed by atoms with E-state index in [4.69, 9.17) is 5.73 Å². The molecule has 0 fully saturated rings. The Hall–Kier alpha value is -2.42. The van der Waals surface area contributed by atoms with Gasteiger partial charge in [-0.2, -0.15) is 0 Å². The molecule has 94 valence electrons. The molecule has 3 aromatic rings. The molecule has 1 aromatic carbocycles. The first-order valence-electron chi connectivity index (χ1n) is 6.27. The van der Waals surface area contributed by atoms with Gasteiger partial charge in [-0.15, -0.1) is 0 Å². The third kappa shape index (κ3) is 2.27. The van der Waals surface area contributed by atoms with Gasteiger partial charge in [-0.3, -0.25) is 4.98 Å². The molecule has 2 aromatic heterocycles. The standard InChI is InChI=1S/C16H15N3/c1-11-4-2-3-5-12(11)8-14-9-13-6-7-18-10-15(13)16(17)19-14/h2-7,9-10H,8H2,1H3,(H2,17,19). The van der Waals surface area contributed by atoms with E-state index in [1.807, 2.05) is 12.1 Å². The van der Waals surface area contributed by atoms with E-state index in [0.29, 0.717) is 5.82 Å². The molecule has 0 aliphatic rings. The molecule has 19 heavy (non-hydrogen) atoms. The van der Waals surface area contributed by atoms with Gasteiger partial charge in [0.25, 0.3) is 0 Å². The fourth-order valence-corrected chi connectivity index (χ4v) is 2.27. The van der Waals surface area contributed by atoms with E-state index in [1.165, 1.54) is 11.1 Å². The summed E-state index contributed by atoms with van der Waals surface area (Å²) in [6.07, 6.45) is 4.34. The minimum Gasteiger partial charge on any atom is -0.383 e. The van der Waals surface area contributed by atoms with Crippen LogP contribution in [0.1, 0.15) is 16.8 Å². The average molecular weight is 249 g/mol. The van der Waals surface area contributed by atoms with Crippen molar-refractivity contribution in [1.29, 1.82) is 0 Å². The zero-order valence-corrected chi connectivity index (χ0v) is 10.8. The minimum atomic E-state index is 0.550. The molecule has 3 heteroatoms. The highest BCUT2D eigenvalue weighted by Crippen LogP contribution is 2.21. The van der Waals surface area contributed by atoms with Crippen molar-refractivity contribution in [2.24, 2.45) is 0 Å². The number of nitrogens with zero attached hydrogens (tertiary/aromatic N) is 2. The number of aryl methyl sites for hydroxylation is 1. The van der Waals surface area contributed by atoms with Gasteiger partial charge in [0.15, 0.2) is 0 Å². The van der Waals surface area contributed by atoms with E-state index in [0.717, 1.165) is 22.9 Å². The lowest BCUT2D eigenvalue weighted by Crippen LogP contribution is -1.99. The Morgan fingerprint density at radius 3 is 2.84 bits per heavy atom. The van der Waals surface area contributed by atoms with Crippen LogP contribution in [0.15, 0.2) is 48.8 Å². The molecular formula is C16H15N3. The third-order valence-electron chi connectivity index (χ3n) is 3.35. The van der Waals surface area contributed by atoms with Crippen LogP contribution in [-0.4, -0.2) is 9.97 Å². The number of pyridine rings is 2. The highest BCUT2D eigenvalue weighted by atomic mass is 14.8. The number of fused-ring (bicyclic) bond motifs is 1. The number of anilines is 1. The molecule has 2 N–H and O–H groups in total. The van der Waals surface area contributed by atoms with Crippen LogP contribution in [0, 0.1) is 6.92 Å². The minimum absolute atomic E-state index is 0.550. The second-order valence-corrected chi connectivity index (χ2v) is 4.70. The second kappa shape index (κ2) is 4.69. The Morgan fingerprint density at radius 1 is 1.16 bits per heavy atom. The third-order valence-corrected chi connectivity index (χ3v) is 3.35. The molecular weight excluding hydrogens is 234 g/mol. The monoisotopic (exact) mass is 249 g/mol. The Bertz CT molecular complexity index is 735. The van der Waals surface area contributed by atoms with E-state index >= 15 is 0 Å². The molecule has 3 nitrogen and oxygen atoms in total. The number of aromatic nitrogens is 2. The summed E-state index contributed by atoms with van der Waals surface area (Å²) in [6.45, 7) is 2.11. The molecule has 2 heterocycles. The van der Waals surface area contributed by atoms with E-state index < -0.39 is 0 Å². The molecule has 0 saturated heterocycles. The van der Waals surface area contributed by atoms with E-state index in [1.54, 1.807) is 12.4 Å². The van der Waals surface area contributed by atoms with Gasteiger partial charge < -0.3 is 5.73 Å². The van der Waals surface area contributed by atoms with Crippen LogP contribution in [0.2, 0.25) is 0 Å². The summed E-state index contributed by atoms with van der Waals surface area (Å²) < 4.78 is 0. The molecule has 0 aliphatic carbocycles. The van der Waals surface area contributed by atoms with Gasteiger partial charge >= 0.3 is 0 Å². The molecule has 0 spiro atoms. The van der Waals surface area contributed by atoms with E-state index in [-0.39, 0.29) is 0 Å². The predicted molar refractivity (Wildman–Crippen MR) is 77.9 cm³/mol. The first-order valence-corrected chi connectivity index (χ1v) is 6.27. The lowest BCUT2D eigenvalue weighted by molar-refractivity contribution is 1.07. The normalized spacial score (nSPS) is 10.8. The maximum atomic E-state index is 6.00. The lowest BCUT2D eigenvalue weighted by Gasteiger charge is -2.08. The largest absolute Gasteiger partial charge is 0.383 e. The predicted octanol–water partition coefficient (Wildman–Crippen LogP) is 3.11. The quantitative estimate of drug-likeness (QED) is 0.759. The number of nitrogens with two attached hydrogens (primary N) is 1. The first-order chi connectivity index (χ1) is 9.24. The fourth-order valence-electron chi connectivity index (χ4n) is 2.27. The van der Waals surface area contributed by atoms with Crippen molar-refractivity contribution in [3.63, 3.8) is 0 Å². The lowest BCUT2D eigenvalue weighted by atomic mass is 10.0. The maximum Gasteiger partial charge on any atom is 0.133 e. The van der Waals surface area contributed by atoms with Gasteiger partial charge in [0, 0.05) is 29.9 Å². The van der Waals surface area contributed by atoms with Gasteiger partial charge in [0.05, 0.1) is 0 Å². The number of benzene rings is 1. The zero-order chi connectivity index (χ0) is 13.2. The van der Waals surface area contributed by atoms with E-state index in [2.05, 4.69) is 41.2 Å². The molecule has 0 saturated carbocycles. The zero-order valence-electron chi connectivity index (χ0n) is 10.8. The summed E-state index contributed by atoms with van der Waals surface area (Å²) in [4.78, 5) is 8.56. The second-order valence-electron chi connectivity index (χ2n) is 4.70. The van der Waals surface area contributed by atoms with E-state index in [9.17, 15) is 0 Å². The van der Waals surface area contributed by atoms with Gasteiger partial charge in [0.1, 0.15) is 5.82 Å². The topological polar surface area (TPSA) is 51.8 Å². The van der Waals surface area contributed by atoms with Crippen LogP contribution >= 0.6 is 0 Å². The first kappa shape index (κ1) is 11.7. The van der Waals surface area contributed by atoms with Gasteiger partial charge in [0.2, 0.25) is 0 Å². The van der Waals surface area contributed by atoms with Crippen molar-refractivity contribution < 1.29 is 0 Å². The van der Waals surface area contributed by atoms with Crippen molar-refractivity contribution in [2.75, 3.05) is 5.73 Å². The number of hydrogen-bond donors (Lipinski definition) is 1. The number of hydrogen-bond acceptors (Lipinski definition) is 3. The van der Waals surface area contributed by atoms with Gasteiger partial charge in [-0.05, 0) is 35.6 Å². The van der Waals surface area contributed by atoms with Crippen LogP contribution in [-0.2, 0) is 6.42 Å². The molecule has 0 unspecified atom stereocenters. The van der Waals surface area contributed by atoms with Crippen molar-refractivity contribution in [3.8, 4) is 0 Å². The van der Waals surface area contributed by atoms with Crippen LogP contribution in [0.3, 0.4) is 0 Å². The smallest absolute Gasteiger partial charge is 0.133 e. The Labute approximate surface area is 112 Å². The molecule has 0 amide bonds. The summed E-state index contributed by atoms with van der Waals surface area (Å²) in [5.74, 6) is 0.550. The van der Waals surface area contributed by atoms with Crippen molar-refractivity contribution in [3.05, 3.63) is 65.6 Å². The number of rotatable bonds is 2. The van der Waals surface area contributed by atoms with Crippen LogP contribution in [0.25, 0.3) is 10.8 Å². The van der Waals surface area contributed by atoms with Crippen molar-refractivity contribution in [2.45, 2.75) is 13.3 Å². The maximum absolute atomic E-state index is 6.00. The Kier molecular flexibility index (Phi) is 2.88. The van der Waals surface area contributed by atoms with Crippen LogP contribution < -0.4 is 5.73 Å². The summed E-state index contributed by atoms with van der Waals surface area (Å²) in [5.41, 5.74) is 9.54. The Balaban J connectivity index is 2.04. The van der Waals surface area contributed by atoms with Crippen molar-refractivity contribution in [1.82, 2.24) is 9.97 Å². The molecule has 0 aliphatic heterocycles. The SMILES string of the molecule is Cc1ccccc1Cc1cc2ccncc2c(N)n1. The highest BCUT2D eigenvalue weighted by Gasteiger charge is 2.05. The molecule has 0 bridgehead atoms. The highest BCUT2D eigenvalue weighted by molar-refractivity contribution is 5.90. The van der Waals surface area contributed by atoms with Gasteiger partial charge in [-0.1, -0.05) is 24.3 Å². The van der Waals surface area contributed by atoms with Crippen molar-refractivity contribution >= 4 is 16.6 Å². The van der Waals surface area contributed by atoms with Gasteiger partial charge in [-0.25, -0.2) is 4.98 Å². The summed E-state index contributed by atoms with van der Waals surface area (Å²) >= 11 is 0. The van der Waals surface area contributed by atoms with Crippen LogP contribution in [0.4, 0.5) is 5.82 Å².